The molecule has 0 aliphatic carbocycles. The molecule has 0 fully saturated rings. The first-order valence-corrected chi connectivity index (χ1v) is 9.21. The molecule has 0 saturated heterocycles. The first-order valence-electron chi connectivity index (χ1n) is 8.33. The van der Waals surface area contributed by atoms with Gasteiger partial charge in [-0.2, -0.15) is 0 Å². The summed E-state index contributed by atoms with van der Waals surface area (Å²) in [5.41, 5.74) is 5.04. The largest absolute Gasteiger partial charge is 0.493 e. The first-order chi connectivity index (χ1) is 13.0. The van der Waals surface area contributed by atoms with Crippen molar-refractivity contribution < 1.29 is 19.1 Å². The normalized spacial score (nSPS) is 10.7. The number of hydrogen-bond acceptors (Lipinski definition) is 5. The summed E-state index contributed by atoms with van der Waals surface area (Å²) >= 11 is 1.41. The van der Waals surface area contributed by atoms with Crippen LogP contribution in [0.4, 0.5) is 0 Å². The molecule has 0 aliphatic heterocycles. The Hall–Kier alpha value is -2.93. The van der Waals surface area contributed by atoms with Crippen molar-refractivity contribution in [2.24, 2.45) is 0 Å². The average Bonchev–Trinajstić information content (AvgIpc) is 2.66. The van der Waals surface area contributed by atoms with Crippen molar-refractivity contribution in [2.45, 2.75) is 24.8 Å². The molecule has 2 aromatic carbocycles. The Balaban J connectivity index is 1.88. The minimum Gasteiger partial charge on any atom is -0.493 e. The van der Waals surface area contributed by atoms with Gasteiger partial charge in [-0.15, -0.1) is 0 Å². The number of carbonyl (C=O) groups excluding carboxylic acids is 2. The highest BCUT2D eigenvalue weighted by Crippen LogP contribution is 2.28. The van der Waals surface area contributed by atoms with Crippen molar-refractivity contribution in [1.29, 1.82) is 0 Å². The molecule has 0 heterocycles. The summed E-state index contributed by atoms with van der Waals surface area (Å²) in [4.78, 5) is 25.0. The molecule has 6 nitrogen and oxygen atoms in total. The smallest absolute Gasteiger partial charge is 0.269 e. The molecule has 2 amide bonds. The zero-order valence-electron chi connectivity index (χ0n) is 15.4. The van der Waals surface area contributed by atoms with Crippen LogP contribution in [0.15, 0.2) is 64.9 Å². The summed E-state index contributed by atoms with van der Waals surface area (Å²) in [5.74, 6) is 0.108. The van der Waals surface area contributed by atoms with E-state index in [0.717, 1.165) is 4.90 Å². The average molecular weight is 386 g/mol. The number of ether oxygens (including phenoxy) is 2. The van der Waals surface area contributed by atoms with Crippen LogP contribution in [0.1, 0.15) is 24.2 Å². The maximum absolute atomic E-state index is 12.2. The van der Waals surface area contributed by atoms with Gasteiger partial charge in [-0.05, 0) is 49.6 Å². The standard InChI is InChI=1S/C20H22N2O4S/c1-14(2)26-17-10-9-15(13-18(17)25-3)20(24)22-21-19(23)11-12-27-16-7-5-4-6-8-16/h4-14H,1-3H3,(H,21,23)(H,22,24)/b12-11+. The molecule has 7 heteroatoms. The Morgan fingerprint density at radius 3 is 2.44 bits per heavy atom. The second kappa shape index (κ2) is 10.3. The van der Waals surface area contributed by atoms with Crippen LogP contribution < -0.4 is 20.3 Å². The molecule has 2 rings (SSSR count). The number of carbonyl (C=O) groups is 2. The molecule has 0 unspecified atom stereocenters. The Morgan fingerprint density at radius 2 is 1.78 bits per heavy atom. The van der Waals surface area contributed by atoms with Crippen molar-refractivity contribution in [1.82, 2.24) is 10.9 Å². The minimum absolute atomic E-state index is 0.0154. The van der Waals surface area contributed by atoms with Gasteiger partial charge in [0.15, 0.2) is 11.5 Å². The van der Waals surface area contributed by atoms with Gasteiger partial charge in [0.1, 0.15) is 0 Å². The molecular formula is C20H22N2O4S. The van der Waals surface area contributed by atoms with E-state index in [-0.39, 0.29) is 6.10 Å². The highest BCUT2D eigenvalue weighted by atomic mass is 32.2. The molecule has 0 saturated carbocycles. The van der Waals surface area contributed by atoms with Crippen molar-refractivity contribution in [3.05, 3.63) is 65.6 Å². The topological polar surface area (TPSA) is 76.7 Å². The lowest BCUT2D eigenvalue weighted by Crippen LogP contribution is -2.40. The fourth-order valence-electron chi connectivity index (χ4n) is 2.07. The lowest BCUT2D eigenvalue weighted by atomic mass is 10.2. The maximum Gasteiger partial charge on any atom is 0.269 e. The zero-order valence-corrected chi connectivity index (χ0v) is 16.2. The van der Waals surface area contributed by atoms with Gasteiger partial charge in [-0.25, -0.2) is 0 Å². The second-order valence-corrected chi connectivity index (χ2v) is 6.69. The van der Waals surface area contributed by atoms with Gasteiger partial charge in [-0.1, -0.05) is 30.0 Å². The quantitative estimate of drug-likeness (QED) is 0.432. The number of hydrogen-bond donors (Lipinski definition) is 2. The van der Waals surface area contributed by atoms with E-state index in [1.165, 1.54) is 24.9 Å². The highest BCUT2D eigenvalue weighted by molar-refractivity contribution is 8.02. The van der Waals surface area contributed by atoms with Gasteiger partial charge < -0.3 is 9.47 Å². The fourth-order valence-corrected chi connectivity index (χ4v) is 2.73. The number of hydrazine groups is 1. The Morgan fingerprint density at radius 1 is 1.04 bits per heavy atom. The zero-order chi connectivity index (χ0) is 19.6. The van der Waals surface area contributed by atoms with Gasteiger partial charge in [0, 0.05) is 16.5 Å². The molecular weight excluding hydrogens is 364 g/mol. The Kier molecular flexibility index (Phi) is 7.76. The van der Waals surface area contributed by atoms with Crippen LogP contribution >= 0.6 is 11.8 Å². The molecule has 2 aromatic rings. The van der Waals surface area contributed by atoms with E-state index < -0.39 is 11.8 Å². The van der Waals surface area contributed by atoms with Crippen molar-refractivity contribution >= 4 is 23.6 Å². The van der Waals surface area contributed by atoms with Gasteiger partial charge in [0.05, 0.1) is 13.2 Å². The number of methoxy groups -OCH3 is 1. The van der Waals surface area contributed by atoms with E-state index in [0.29, 0.717) is 17.1 Å². The molecule has 0 radical (unpaired) electrons. The van der Waals surface area contributed by atoms with Crippen LogP contribution in [0, 0.1) is 0 Å². The van der Waals surface area contributed by atoms with E-state index in [1.54, 1.807) is 23.6 Å². The number of benzene rings is 2. The van der Waals surface area contributed by atoms with Gasteiger partial charge >= 0.3 is 0 Å². The third-order valence-corrected chi connectivity index (χ3v) is 4.07. The van der Waals surface area contributed by atoms with Gasteiger partial charge in [0.2, 0.25) is 0 Å². The van der Waals surface area contributed by atoms with Gasteiger partial charge in [-0.3, -0.25) is 20.4 Å². The van der Waals surface area contributed by atoms with Crippen molar-refractivity contribution in [3.8, 4) is 11.5 Å². The van der Waals surface area contributed by atoms with Crippen molar-refractivity contribution in [3.63, 3.8) is 0 Å². The molecule has 0 bridgehead atoms. The summed E-state index contributed by atoms with van der Waals surface area (Å²) in [6.07, 6.45) is 1.33. The third-order valence-electron chi connectivity index (χ3n) is 3.25. The van der Waals surface area contributed by atoms with Crippen LogP contribution in [-0.4, -0.2) is 25.0 Å². The summed E-state index contributed by atoms with van der Waals surface area (Å²) in [7, 11) is 1.50. The number of thioether (sulfide) groups is 1. The van der Waals surface area contributed by atoms with Crippen LogP contribution in [-0.2, 0) is 4.79 Å². The molecule has 2 N–H and O–H groups in total. The van der Waals surface area contributed by atoms with E-state index in [1.807, 2.05) is 44.2 Å². The Bertz CT molecular complexity index is 807. The van der Waals surface area contributed by atoms with Crippen LogP contribution in [0.2, 0.25) is 0 Å². The van der Waals surface area contributed by atoms with E-state index in [2.05, 4.69) is 10.9 Å². The molecule has 142 valence electrons. The summed E-state index contributed by atoms with van der Waals surface area (Å²) in [6.45, 7) is 3.80. The number of amides is 2. The lowest BCUT2D eigenvalue weighted by Gasteiger charge is -2.14. The predicted octanol–water partition coefficient (Wildman–Crippen LogP) is 3.55. The monoisotopic (exact) mass is 386 g/mol. The first kappa shape index (κ1) is 20.4. The van der Waals surface area contributed by atoms with Gasteiger partial charge in [0.25, 0.3) is 11.8 Å². The molecule has 0 aromatic heterocycles. The maximum atomic E-state index is 12.2. The summed E-state index contributed by atoms with van der Waals surface area (Å²) in [5, 5.41) is 1.65. The highest BCUT2D eigenvalue weighted by Gasteiger charge is 2.12. The van der Waals surface area contributed by atoms with Crippen LogP contribution in [0.25, 0.3) is 0 Å². The van der Waals surface area contributed by atoms with Crippen LogP contribution in [0.5, 0.6) is 11.5 Å². The Labute approximate surface area is 162 Å². The predicted molar refractivity (Wildman–Crippen MR) is 106 cm³/mol. The molecule has 0 atom stereocenters. The van der Waals surface area contributed by atoms with Crippen molar-refractivity contribution in [2.75, 3.05) is 7.11 Å². The minimum atomic E-state index is -0.457. The van der Waals surface area contributed by atoms with E-state index in [9.17, 15) is 9.59 Å². The third kappa shape index (κ3) is 6.71. The lowest BCUT2D eigenvalue weighted by molar-refractivity contribution is -0.117. The van der Waals surface area contributed by atoms with E-state index >= 15 is 0 Å². The second-order valence-electron chi connectivity index (χ2n) is 5.71. The summed E-state index contributed by atoms with van der Waals surface area (Å²) < 4.78 is 10.9. The molecule has 0 aliphatic rings. The SMILES string of the molecule is COc1cc(C(=O)NNC(=O)/C=C/Sc2ccccc2)ccc1OC(C)C. The number of rotatable bonds is 7. The summed E-state index contributed by atoms with van der Waals surface area (Å²) in [6, 6.07) is 14.5. The van der Waals surface area contributed by atoms with Crippen LogP contribution in [0.3, 0.4) is 0 Å². The fraction of sp³-hybridized carbons (Fsp3) is 0.200. The molecule has 27 heavy (non-hydrogen) atoms. The number of nitrogens with one attached hydrogen (secondary N) is 2. The van der Waals surface area contributed by atoms with E-state index in [4.69, 9.17) is 9.47 Å². The molecule has 0 spiro atoms.